The van der Waals surface area contributed by atoms with Crippen LogP contribution in [-0.4, -0.2) is 59.2 Å². The van der Waals surface area contributed by atoms with Gasteiger partial charge in [-0.15, -0.1) is 0 Å². The molecule has 182 valence electrons. The third-order valence-electron chi connectivity index (χ3n) is 5.40. The first-order chi connectivity index (χ1) is 16.4. The van der Waals surface area contributed by atoms with E-state index >= 15 is 0 Å². The maximum absolute atomic E-state index is 10.6. The second-order valence-electron chi connectivity index (χ2n) is 7.83. The Morgan fingerprint density at radius 1 is 1.03 bits per heavy atom. The van der Waals surface area contributed by atoms with Crippen molar-refractivity contribution in [2.24, 2.45) is 5.16 Å². The Kier molecular flexibility index (Phi) is 9.75. The summed E-state index contributed by atoms with van der Waals surface area (Å²) >= 11 is 6.44. The summed E-state index contributed by atoms with van der Waals surface area (Å²) in [7, 11) is 0. The molecule has 3 rings (SSSR count). The summed E-state index contributed by atoms with van der Waals surface area (Å²) in [5.74, 6) is 6.43. The number of hydrogen-bond acceptors (Lipinski definition) is 7. The van der Waals surface area contributed by atoms with E-state index in [-0.39, 0.29) is 6.61 Å². The fraction of sp³-hybridized carbons (Fsp3) is 0.423. The third-order valence-corrected chi connectivity index (χ3v) is 5.77. The zero-order valence-electron chi connectivity index (χ0n) is 19.2. The number of oxime groups is 1. The van der Waals surface area contributed by atoms with Crippen molar-refractivity contribution in [3.63, 3.8) is 0 Å². The van der Waals surface area contributed by atoms with E-state index in [4.69, 9.17) is 25.9 Å². The van der Waals surface area contributed by atoms with Crippen molar-refractivity contribution in [3.05, 3.63) is 64.2 Å². The van der Waals surface area contributed by atoms with Crippen LogP contribution in [0, 0.1) is 11.8 Å². The van der Waals surface area contributed by atoms with Crippen LogP contribution in [0.4, 0.5) is 0 Å². The predicted molar refractivity (Wildman–Crippen MR) is 130 cm³/mol. The Bertz CT molecular complexity index is 1020. The summed E-state index contributed by atoms with van der Waals surface area (Å²) in [6, 6.07) is 13.0. The standard InChI is InChI=1S/C26H30ClNO6/c1-3-5-6-13-33-28-16-22-23(29)24(30)25(31)26(34-22)18-9-12-21(27)19(15-18)14-17-7-10-20(11-8-17)32-4-2/h7-12,15-16,22-26,29-31H,3-4,13-14H2,1-2H3/t22-,23-,24+,25-,26+/m1/s1. The largest absolute Gasteiger partial charge is 0.494 e. The zero-order valence-corrected chi connectivity index (χ0v) is 20.0. The Morgan fingerprint density at radius 2 is 1.79 bits per heavy atom. The Hall–Kier alpha value is -2.60. The number of halogens is 1. The molecule has 0 aromatic heterocycles. The van der Waals surface area contributed by atoms with Gasteiger partial charge in [0.25, 0.3) is 0 Å². The second kappa shape index (κ2) is 12.7. The van der Waals surface area contributed by atoms with E-state index < -0.39 is 30.5 Å². The monoisotopic (exact) mass is 487 g/mol. The van der Waals surface area contributed by atoms with Crippen LogP contribution in [0.5, 0.6) is 5.75 Å². The molecule has 7 nitrogen and oxygen atoms in total. The number of aliphatic hydroxyl groups excluding tert-OH is 3. The molecule has 0 aliphatic carbocycles. The maximum atomic E-state index is 10.6. The first-order valence-electron chi connectivity index (χ1n) is 11.3. The highest BCUT2D eigenvalue weighted by Crippen LogP contribution is 2.34. The highest BCUT2D eigenvalue weighted by molar-refractivity contribution is 6.31. The minimum Gasteiger partial charge on any atom is -0.494 e. The van der Waals surface area contributed by atoms with Crippen molar-refractivity contribution in [1.29, 1.82) is 0 Å². The van der Waals surface area contributed by atoms with Crippen LogP contribution in [0.25, 0.3) is 0 Å². The number of aliphatic hydroxyl groups is 3. The summed E-state index contributed by atoms with van der Waals surface area (Å²) in [5, 5.41) is 35.7. The molecular weight excluding hydrogens is 458 g/mol. The minimum absolute atomic E-state index is 0.105. The molecule has 1 saturated heterocycles. The van der Waals surface area contributed by atoms with Gasteiger partial charge in [-0.05, 0) is 48.2 Å². The lowest BCUT2D eigenvalue weighted by atomic mass is 9.90. The van der Waals surface area contributed by atoms with Crippen LogP contribution in [0.15, 0.2) is 47.6 Å². The topological polar surface area (TPSA) is 101 Å². The van der Waals surface area contributed by atoms with Gasteiger partial charge in [0, 0.05) is 11.4 Å². The highest BCUT2D eigenvalue weighted by atomic mass is 35.5. The quantitative estimate of drug-likeness (QED) is 0.229. The van der Waals surface area contributed by atoms with Gasteiger partial charge in [-0.25, -0.2) is 0 Å². The normalized spacial score (nSPS) is 24.5. The Balaban J connectivity index is 1.75. The average Bonchev–Trinajstić information content (AvgIpc) is 2.84. The molecular formula is C26H30ClNO6. The SMILES string of the molecule is CCC#CCON=C[C@H]1O[C@@H](c2ccc(Cl)c(Cc3ccc(OCC)cc3)c2)[C@H](O)[C@@H](O)[C@@H]1O. The maximum Gasteiger partial charge on any atom is 0.177 e. The summed E-state index contributed by atoms with van der Waals surface area (Å²) in [6.07, 6.45) is -3.47. The van der Waals surface area contributed by atoms with E-state index in [1.807, 2.05) is 44.2 Å². The summed E-state index contributed by atoms with van der Waals surface area (Å²) in [5.41, 5.74) is 2.50. The number of ether oxygens (including phenoxy) is 2. The molecule has 2 aromatic rings. The van der Waals surface area contributed by atoms with Crippen LogP contribution in [0.1, 0.15) is 43.1 Å². The molecule has 0 saturated carbocycles. The lowest BCUT2D eigenvalue weighted by Crippen LogP contribution is -2.54. The lowest BCUT2D eigenvalue weighted by Gasteiger charge is -2.39. The summed E-state index contributed by atoms with van der Waals surface area (Å²) in [4.78, 5) is 5.05. The van der Waals surface area contributed by atoms with Gasteiger partial charge in [0.2, 0.25) is 0 Å². The Labute approximate surface area is 204 Å². The molecule has 0 bridgehead atoms. The van der Waals surface area contributed by atoms with Crippen LogP contribution in [-0.2, 0) is 16.0 Å². The first-order valence-corrected chi connectivity index (χ1v) is 11.6. The highest BCUT2D eigenvalue weighted by Gasteiger charge is 2.43. The molecule has 2 aromatic carbocycles. The van der Waals surface area contributed by atoms with Crippen LogP contribution in [0.2, 0.25) is 5.02 Å². The van der Waals surface area contributed by atoms with E-state index in [1.54, 1.807) is 12.1 Å². The van der Waals surface area contributed by atoms with Gasteiger partial charge in [0.1, 0.15) is 36.3 Å². The number of hydrogen-bond donors (Lipinski definition) is 3. The van der Waals surface area contributed by atoms with Crippen LogP contribution >= 0.6 is 11.6 Å². The van der Waals surface area contributed by atoms with E-state index in [1.165, 1.54) is 6.21 Å². The predicted octanol–water partition coefficient (Wildman–Crippen LogP) is 3.27. The first kappa shape index (κ1) is 26.0. The second-order valence-corrected chi connectivity index (χ2v) is 8.24. The average molecular weight is 488 g/mol. The van der Waals surface area contributed by atoms with Crippen molar-refractivity contribution >= 4 is 17.8 Å². The number of rotatable bonds is 8. The smallest absolute Gasteiger partial charge is 0.177 e. The van der Waals surface area contributed by atoms with Gasteiger partial charge < -0.3 is 29.6 Å². The molecule has 0 spiro atoms. The fourth-order valence-electron chi connectivity index (χ4n) is 3.65. The third kappa shape index (κ3) is 6.72. The molecule has 1 heterocycles. The molecule has 1 aliphatic rings. The molecule has 8 heteroatoms. The number of benzene rings is 2. The minimum atomic E-state index is -1.43. The molecule has 1 fully saturated rings. The van der Waals surface area contributed by atoms with Crippen molar-refractivity contribution in [1.82, 2.24) is 0 Å². The fourth-order valence-corrected chi connectivity index (χ4v) is 3.83. The van der Waals surface area contributed by atoms with Gasteiger partial charge in [-0.1, -0.05) is 59.8 Å². The van der Waals surface area contributed by atoms with Crippen LogP contribution in [0.3, 0.4) is 0 Å². The summed E-state index contributed by atoms with van der Waals surface area (Å²) in [6.45, 7) is 4.56. The number of nitrogens with zero attached hydrogens (tertiary/aromatic N) is 1. The van der Waals surface area contributed by atoms with Crippen molar-refractivity contribution in [3.8, 4) is 17.6 Å². The van der Waals surface area contributed by atoms with Crippen LogP contribution < -0.4 is 4.74 Å². The van der Waals surface area contributed by atoms with Gasteiger partial charge in [0.05, 0.1) is 12.8 Å². The van der Waals surface area contributed by atoms with E-state index in [0.29, 0.717) is 30.0 Å². The van der Waals surface area contributed by atoms with Gasteiger partial charge in [-0.2, -0.15) is 0 Å². The van der Waals surface area contributed by atoms with Gasteiger partial charge in [0.15, 0.2) is 6.61 Å². The molecule has 3 N–H and O–H groups in total. The lowest BCUT2D eigenvalue weighted by molar-refractivity contribution is -0.205. The van der Waals surface area contributed by atoms with E-state index in [2.05, 4.69) is 17.0 Å². The zero-order chi connectivity index (χ0) is 24.5. The van der Waals surface area contributed by atoms with Crippen molar-refractivity contribution in [2.45, 2.75) is 57.2 Å². The van der Waals surface area contributed by atoms with Crippen molar-refractivity contribution in [2.75, 3.05) is 13.2 Å². The summed E-state index contributed by atoms with van der Waals surface area (Å²) < 4.78 is 11.4. The molecule has 0 unspecified atom stereocenters. The molecule has 0 radical (unpaired) electrons. The molecule has 0 amide bonds. The van der Waals surface area contributed by atoms with E-state index in [9.17, 15) is 15.3 Å². The Morgan fingerprint density at radius 3 is 2.50 bits per heavy atom. The molecule has 1 aliphatic heterocycles. The van der Waals surface area contributed by atoms with E-state index in [0.717, 1.165) is 16.9 Å². The van der Waals surface area contributed by atoms with Crippen molar-refractivity contribution < 1.29 is 29.6 Å². The van der Waals surface area contributed by atoms with Gasteiger partial charge >= 0.3 is 0 Å². The van der Waals surface area contributed by atoms with Gasteiger partial charge in [-0.3, -0.25) is 0 Å². The molecule has 34 heavy (non-hydrogen) atoms. The molecule has 5 atom stereocenters.